The monoisotopic (exact) mass is 427 g/mol. The average Bonchev–Trinajstić information content (AvgIpc) is 3.33. The van der Waals surface area contributed by atoms with Crippen molar-refractivity contribution >= 4 is 17.4 Å². The Hall–Kier alpha value is -3.36. The molecule has 2 aromatic heterocycles. The second-order valence-corrected chi connectivity index (χ2v) is 6.10. The summed E-state index contributed by atoms with van der Waals surface area (Å²) in [7, 11) is 0. The number of anilines is 2. The van der Waals surface area contributed by atoms with Crippen LogP contribution < -0.4 is 10.2 Å². The molecular weight excluding hydrogens is 390 g/mol. The third-order valence-corrected chi connectivity index (χ3v) is 4.22. The summed E-state index contributed by atoms with van der Waals surface area (Å²) in [6, 6.07) is -4.71. The zero-order valence-corrected chi connectivity index (χ0v) is 14.9. The maximum absolute atomic E-state index is 14.1. The Morgan fingerprint density at radius 3 is 2.80 bits per heavy atom. The number of nitrogens with one attached hydrogen (secondary N) is 1. The summed E-state index contributed by atoms with van der Waals surface area (Å²) in [4.78, 5) is 25.2. The van der Waals surface area contributed by atoms with Crippen LogP contribution in [0.4, 0.5) is 20.3 Å². The number of fused-ring (bicyclic) bond motifs is 1. The normalized spacial score (nSPS) is 25.9. The molecule has 1 N–H and O–H groups in total. The first-order valence-electron chi connectivity index (χ1n) is 15.8. The van der Waals surface area contributed by atoms with E-state index >= 15 is 0 Å². The molecule has 0 bridgehead atoms. The van der Waals surface area contributed by atoms with Gasteiger partial charge >= 0.3 is 0 Å². The van der Waals surface area contributed by atoms with Gasteiger partial charge in [-0.2, -0.15) is 4.98 Å². The number of carbonyl (C=O) groups is 1. The highest BCUT2D eigenvalue weighted by atomic mass is 19.1. The van der Waals surface area contributed by atoms with Crippen LogP contribution in [0.15, 0.2) is 30.6 Å². The molecule has 9 heteroatoms. The van der Waals surface area contributed by atoms with Gasteiger partial charge < -0.3 is 10.2 Å². The van der Waals surface area contributed by atoms with Crippen molar-refractivity contribution in [2.45, 2.75) is 45.8 Å². The first kappa shape index (κ1) is 8.79. The molecule has 1 aliphatic rings. The van der Waals surface area contributed by atoms with Crippen molar-refractivity contribution in [3.63, 3.8) is 0 Å². The molecule has 1 aromatic carbocycles. The highest BCUT2D eigenvalue weighted by molar-refractivity contribution is 6.03. The highest BCUT2D eigenvalue weighted by Crippen LogP contribution is 2.35. The molecule has 0 aliphatic carbocycles. The molecule has 1 aliphatic heterocycles. The zero-order chi connectivity index (χ0) is 34.3. The molecule has 3 aromatic rings. The van der Waals surface area contributed by atoms with Gasteiger partial charge in [0.1, 0.15) is 29.2 Å². The van der Waals surface area contributed by atoms with Crippen molar-refractivity contribution < 1.29 is 34.1 Å². The Labute approximate surface area is 193 Å². The van der Waals surface area contributed by atoms with Gasteiger partial charge in [0.05, 0.1) is 7.06 Å². The summed E-state index contributed by atoms with van der Waals surface area (Å²) in [5.74, 6) is -6.00. The van der Waals surface area contributed by atoms with Gasteiger partial charge in [0.2, 0.25) is 11.9 Å². The third-order valence-electron chi connectivity index (χ3n) is 4.22. The molecule has 0 fully saturated rings. The van der Waals surface area contributed by atoms with Crippen molar-refractivity contribution in [2.24, 2.45) is 0 Å². The van der Waals surface area contributed by atoms with Crippen LogP contribution in [0, 0.1) is 18.5 Å². The zero-order valence-electron chi connectivity index (χ0n) is 29.9. The number of aromatic nitrogens is 4. The van der Waals surface area contributed by atoms with Gasteiger partial charge in [-0.05, 0) is 39.1 Å². The fourth-order valence-corrected chi connectivity index (χ4v) is 2.99. The van der Waals surface area contributed by atoms with Crippen molar-refractivity contribution in [3.05, 3.63) is 47.9 Å². The topological polar surface area (TPSA) is 75.9 Å². The Balaban J connectivity index is 2.18. The second-order valence-electron chi connectivity index (χ2n) is 6.10. The predicted molar refractivity (Wildman–Crippen MR) is 110 cm³/mol. The lowest BCUT2D eigenvalue weighted by Gasteiger charge is -2.39. The molecule has 1 amide bonds. The lowest BCUT2D eigenvalue weighted by molar-refractivity contribution is -0.117. The number of nitrogens with zero attached hydrogens (tertiary/aromatic N) is 5. The number of aryl methyl sites for hydroxylation is 1. The summed E-state index contributed by atoms with van der Waals surface area (Å²) in [6.07, 6.45) is -1.62. The van der Waals surface area contributed by atoms with Crippen LogP contribution in [0.1, 0.15) is 53.2 Å². The number of hydrogen-bond donors (Lipinski definition) is 1. The van der Waals surface area contributed by atoms with Gasteiger partial charge in [-0.25, -0.2) is 18.7 Å². The molecule has 0 spiro atoms. The summed E-state index contributed by atoms with van der Waals surface area (Å²) < 4.78 is 150. The number of benzene rings is 1. The Morgan fingerprint density at radius 1 is 1.30 bits per heavy atom. The summed E-state index contributed by atoms with van der Waals surface area (Å²) in [5, 5.41) is 1.97. The standard InChI is InChI=1S/C21H22F2N6O/c1-5-16-20(30)26-17-12(4)25-21(27-19(17)29(16)11(2)3)28-7-6-24-18(28)13-8-14(22)10-15(23)9-13/h6-11,16H,5H2,1-4H3,(H,26,30)/t16-/m0/s1/i1D3,2D3,3D3,4D3,5D2,11D. The molecule has 0 radical (unpaired) electrons. The molecular formula is C21H22F2N6O. The number of halogens is 2. The molecule has 4 rings (SSSR count). The van der Waals surface area contributed by atoms with Crippen molar-refractivity contribution in [1.29, 1.82) is 0 Å². The van der Waals surface area contributed by atoms with Crippen LogP contribution in [0.2, 0.25) is 0 Å². The quantitative estimate of drug-likeness (QED) is 0.684. The van der Waals surface area contributed by atoms with E-state index in [0.29, 0.717) is 6.07 Å². The summed E-state index contributed by atoms with van der Waals surface area (Å²) in [5.41, 5.74) is -2.24. The SMILES string of the molecule is [2H]C([2H])([2H])c1nc(-n2ccnc2-c2cc(F)cc(F)c2)nc2c1NC(=O)[C@H](C([2H])([2H])C([2H])([2H])[2H])N2C([2H])(C([2H])([2H])[2H])C([2H])([2H])[2H]. The molecule has 156 valence electrons. The lowest BCUT2D eigenvalue weighted by Crippen LogP contribution is -2.51. The van der Waals surface area contributed by atoms with Crippen LogP contribution in [-0.2, 0) is 4.79 Å². The molecule has 0 unspecified atom stereocenters. The minimum atomic E-state index is -4.03. The average molecular weight is 428 g/mol. The van der Waals surface area contributed by atoms with Crippen molar-refractivity contribution in [2.75, 3.05) is 10.2 Å². The molecule has 30 heavy (non-hydrogen) atoms. The van der Waals surface area contributed by atoms with Crippen LogP contribution in [0.25, 0.3) is 17.3 Å². The lowest BCUT2D eigenvalue weighted by atomic mass is 10.1. The fourth-order valence-electron chi connectivity index (χ4n) is 2.99. The molecule has 7 nitrogen and oxygen atoms in total. The van der Waals surface area contributed by atoms with Crippen LogP contribution in [0.3, 0.4) is 0 Å². The summed E-state index contributed by atoms with van der Waals surface area (Å²) >= 11 is 0. The smallest absolute Gasteiger partial charge is 0.247 e. The van der Waals surface area contributed by atoms with Crippen LogP contribution in [-0.4, -0.2) is 37.5 Å². The highest BCUT2D eigenvalue weighted by Gasteiger charge is 2.36. The van der Waals surface area contributed by atoms with E-state index in [1.165, 1.54) is 0 Å². The summed E-state index contributed by atoms with van der Waals surface area (Å²) in [6.45, 7) is -15.0. The van der Waals surface area contributed by atoms with E-state index in [4.69, 9.17) is 20.6 Å². The van der Waals surface area contributed by atoms with E-state index in [2.05, 4.69) is 15.0 Å². The van der Waals surface area contributed by atoms with Crippen molar-refractivity contribution in [1.82, 2.24) is 19.5 Å². The van der Waals surface area contributed by atoms with Gasteiger partial charge in [0, 0.05) is 49.2 Å². The Morgan fingerprint density at radius 2 is 2.10 bits per heavy atom. The Kier molecular flexibility index (Phi) is 2.19. The number of rotatable bonds is 4. The first-order chi connectivity index (χ1) is 20.2. The van der Waals surface area contributed by atoms with E-state index in [9.17, 15) is 13.6 Å². The van der Waals surface area contributed by atoms with Gasteiger partial charge in [-0.3, -0.25) is 9.36 Å². The van der Waals surface area contributed by atoms with E-state index in [-0.39, 0.29) is 16.3 Å². The van der Waals surface area contributed by atoms with Gasteiger partial charge in [-0.15, -0.1) is 0 Å². The maximum Gasteiger partial charge on any atom is 0.247 e. The predicted octanol–water partition coefficient (Wildman–Crippen LogP) is 3.86. The number of hydrogen-bond acceptors (Lipinski definition) is 5. The van der Waals surface area contributed by atoms with Crippen LogP contribution in [0.5, 0.6) is 0 Å². The molecule has 0 saturated heterocycles. The second kappa shape index (κ2) is 7.47. The van der Waals surface area contributed by atoms with Crippen molar-refractivity contribution in [3.8, 4) is 17.3 Å². The minimum absolute atomic E-state index is 0.174. The van der Waals surface area contributed by atoms with E-state index < -0.39 is 86.5 Å². The van der Waals surface area contributed by atoms with Gasteiger partial charge in [0.15, 0.2) is 5.82 Å². The van der Waals surface area contributed by atoms with E-state index in [1.807, 2.05) is 5.32 Å². The maximum atomic E-state index is 14.1. The first-order valence-corrected chi connectivity index (χ1v) is 8.26. The van der Waals surface area contributed by atoms with Gasteiger partial charge in [-0.1, -0.05) is 6.85 Å². The Bertz CT molecular complexity index is 1610. The largest absolute Gasteiger partial charge is 0.340 e. The van der Waals surface area contributed by atoms with E-state index in [1.54, 1.807) is 0 Å². The number of carbonyl (C=O) groups excluding carboxylic acids is 1. The van der Waals surface area contributed by atoms with Gasteiger partial charge in [0.25, 0.3) is 0 Å². The third kappa shape index (κ3) is 3.30. The van der Waals surface area contributed by atoms with Crippen LogP contribution >= 0.6 is 0 Å². The minimum Gasteiger partial charge on any atom is -0.340 e. The molecule has 3 heterocycles. The van der Waals surface area contributed by atoms with E-state index in [0.717, 1.165) is 29.1 Å². The number of amides is 1. The molecule has 1 atom stereocenters. The fraction of sp³-hybridized carbons (Fsp3) is 0.333. The molecule has 0 saturated carbocycles. The number of imidazole rings is 1.